The van der Waals surface area contributed by atoms with E-state index < -0.39 is 0 Å². The van der Waals surface area contributed by atoms with E-state index in [4.69, 9.17) is 4.42 Å². The Morgan fingerprint density at radius 2 is 1.56 bits per heavy atom. The van der Waals surface area contributed by atoms with E-state index in [9.17, 15) is 0 Å². The lowest BCUT2D eigenvalue weighted by atomic mass is 9.45. The molecular formula is C41H27BN2O. The van der Waals surface area contributed by atoms with E-state index in [2.05, 4.69) is 126 Å². The Balaban J connectivity index is 1.37. The fourth-order valence-electron chi connectivity index (χ4n) is 9.82. The third-order valence-electron chi connectivity index (χ3n) is 11.5. The van der Waals surface area contributed by atoms with E-state index >= 15 is 0 Å². The average Bonchev–Trinajstić information content (AvgIpc) is 3.78. The minimum Gasteiger partial charge on any atom is -0.458 e. The van der Waals surface area contributed by atoms with Crippen LogP contribution in [0, 0.1) is 0 Å². The Hall–Kier alpha value is -5.22. The molecule has 0 bridgehead atoms. The number of hydrogen-bond donors (Lipinski definition) is 0. The van der Waals surface area contributed by atoms with Gasteiger partial charge in [-0.2, -0.15) is 0 Å². The molecule has 2 aliphatic heterocycles. The van der Waals surface area contributed by atoms with Crippen molar-refractivity contribution in [1.82, 2.24) is 9.05 Å². The Morgan fingerprint density at radius 3 is 2.51 bits per heavy atom. The number of aryl methyl sites for hydroxylation is 1. The van der Waals surface area contributed by atoms with Crippen LogP contribution in [-0.4, -0.2) is 15.9 Å². The molecule has 0 radical (unpaired) electrons. The van der Waals surface area contributed by atoms with Crippen LogP contribution in [0.1, 0.15) is 42.7 Å². The highest BCUT2D eigenvalue weighted by Crippen LogP contribution is 2.55. The lowest BCUT2D eigenvalue weighted by Crippen LogP contribution is -2.55. The number of aromatic nitrogens is 2. The molecule has 0 saturated heterocycles. The zero-order valence-corrected chi connectivity index (χ0v) is 25.1. The summed E-state index contributed by atoms with van der Waals surface area (Å²) >= 11 is 0. The molecule has 0 atom stereocenters. The van der Waals surface area contributed by atoms with Gasteiger partial charge in [0.05, 0.1) is 22.4 Å². The summed E-state index contributed by atoms with van der Waals surface area (Å²) in [4.78, 5) is 0. The first-order valence-electron chi connectivity index (χ1n) is 16.2. The molecule has 0 amide bonds. The lowest BCUT2D eigenvalue weighted by Gasteiger charge is -2.35. The predicted molar refractivity (Wildman–Crippen MR) is 187 cm³/mol. The van der Waals surface area contributed by atoms with Crippen molar-refractivity contribution >= 4 is 67.5 Å². The van der Waals surface area contributed by atoms with Crippen LogP contribution in [-0.2, 0) is 11.8 Å². The van der Waals surface area contributed by atoms with E-state index in [0.29, 0.717) is 0 Å². The molecule has 0 unspecified atom stereocenters. The SMILES string of the molecule is CC1(C)c2ccccc2-c2c1c1cccc3c1n2-c1c2c(cc4ccccc14)-c1cccc4c5oc6c(c5n(c14)B23)C=CCC6. The zero-order chi connectivity index (χ0) is 29.3. The molecule has 0 fully saturated rings. The largest absolute Gasteiger partial charge is 0.458 e. The van der Waals surface area contributed by atoms with Crippen molar-refractivity contribution in [3.05, 3.63) is 120 Å². The monoisotopic (exact) mass is 574 g/mol. The molecule has 210 valence electrons. The number of furan rings is 1. The second-order valence-corrected chi connectivity index (χ2v) is 13.9. The van der Waals surface area contributed by atoms with Crippen molar-refractivity contribution in [1.29, 1.82) is 0 Å². The normalized spacial score (nSPS) is 16.1. The van der Waals surface area contributed by atoms with Gasteiger partial charge in [-0.15, -0.1) is 0 Å². The molecule has 2 aliphatic carbocycles. The molecule has 0 spiro atoms. The Morgan fingerprint density at radius 1 is 0.756 bits per heavy atom. The van der Waals surface area contributed by atoms with Crippen molar-refractivity contribution < 1.29 is 4.42 Å². The smallest absolute Gasteiger partial charge is 0.333 e. The van der Waals surface area contributed by atoms with E-state index in [-0.39, 0.29) is 12.3 Å². The van der Waals surface area contributed by atoms with Gasteiger partial charge in [-0.3, -0.25) is 0 Å². The summed E-state index contributed by atoms with van der Waals surface area (Å²) < 4.78 is 12.1. The van der Waals surface area contributed by atoms with Gasteiger partial charge < -0.3 is 13.5 Å². The second-order valence-electron chi connectivity index (χ2n) is 13.9. The maximum atomic E-state index is 6.77. The second kappa shape index (κ2) is 7.35. The first kappa shape index (κ1) is 23.2. The molecule has 45 heavy (non-hydrogen) atoms. The standard InChI is InChI=1S/C41H27BN2O/c1-41(2)30-18-7-5-13-25(30)37-33(41)27-16-10-19-31-36(27)43(37)38-23-12-4-3-11-22(23)21-29-24-15-9-17-28-35(24)44(42(31)34(29)38)39-26-14-6-8-20-32(26)45-40(28)39/h3-7,9-19,21H,8,20H2,1-2H3. The number of nitrogens with zero attached hydrogens (tertiary/aromatic N) is 2. The first-order valence-corrected chi connectivity index (χ1v) is 16.2. The number of hydrogen-bond acceptors (Lipinski definition) is 1. The van der Waals surface area contributed by atoms with Crippen LogP contribution in [0.3, 0.4) is 0 Å². The molecule has 5 aromatic carbocycles. The molecule has 8 aromatic rings. The highest BCUT2D eigenvalue weighted by Gasteiger charge is 2.47. The van der Waals surface area contributed by atoms with Crippen LogP contribution >= 0.6 is 0 Å². The Bertz CT molecular complexity index is 2750. The summed E-state index contributed by atoms with van der Waals surface area (Å²) in [5, 5.41) is 5.19. The highest BCUT2D eigenvalue weighted by molar-refractivity contribution is 6.90. The maximum Gasteiger partial charge on any atom is 0.333 e. The van der Waals surface area contributed by atoms with Crippen LogP contribution in [0.5, 0.6) is 0 Å². The number of rotatable bonds is 0. The Labute approximate surface area is 260 Å². The van der Waals surface area contributed by atoms with E-state index in [1.165, 1.54) is 93.8 Å². The van der Waals surface area contributed by atoms with Crippen LogP contribution in [0.15, 0.2) is 101 Å². The van der Waals surface area contributed by atoms with Gasteiger partial charge in [0.2, 0.25) is 0 Å². The predicted octanol–water partition coefficient (Wildman–Crippen LogP) is 8.70. The summed E-state index contributed by atoms with van der Waals surface area (Å²) in [6, 6.07) is 34.4. The molecule has 3 nitrogen and oxygen atoms in total. The van der Waals surface area contributed by atoms with Crippen molar-refractivity contribution in [2.45, 2.75) is 32.1 Å². The summed E-state index contributed by atoms with van der Waals surface area (Å²) in [7, 11) is 0. The molecule has 5 heterocycles. The van der Waals surface area contributed by atoms with E-state index in [1.807, 2.05) is 0 Å². The summed E-state index contributed by atoms with van der Waals surface area (Å²) in [5.74, 6) is 1.12. The first-order chi connectivity index (χ1) is 22.1. The molecule has 4 heteroatoms. The zero-order valence-electron chi connectivity index (χ0n) is 25.1. The van der Waals surface area contributed by atoms with Crippen LogP contribution in [0.4, 0.5) is 0 Å². The molecule has 0 N–H and O–H groups in total. The van der Waals surface area contributed by atoms with Crippen molar-refractivity contribution in [3.63, 3.8) is 0 Å². The number of benzene rings is 5. The molecule has 3 aromatic heterocycles. The minimum absolute atomic E-state index is 0.0381. The quantitative estimate of drug-likeness (QED) is 0.166. The third-order valence-corrected chi connectivity index (χ3v) is 11.5. The van der Waals surface area contributed by atoms with Gasteiger partial charge in [0.1, 0.15) is 5.76 Å². The van der Waals surface area contributed by atoms with Crippen LogP contribution < -0.4 is 10.9 Å². The number of allylic oxidation sites excluding steroid dienone is 1. The van der Waals surface area contributed by atoms with Gasteiger partial charge in [-0.1, -0.05) is 105 Å². The van der Waals surface area contributed by atoms with Crippen LogP contribution in [0.2, 0.25) is 0 Å². The minimum atomic E-state index is -0.104. The fraction of sp³-hybridized carbons (Fsp3) is 0.122. The van der Waals surface area contributed by atoms with Crippen molar-refractivity contribution in [2.24, 2.45) is 0 Å². The number of fused-ring (bicyclic) bond motifs is 16. The van der Waals surface area contributed by atoms with E-state index in [1.54, 1.807) is 0 Å². The molecule has 12 rings (SSSR count). The van der Waals surface area contributed by atoms with E-state index in [0.717, 1.165) is 24.2 Å². The number of para-hydroxylation sites is 2. The Kier molecular flexibility index (Phi) is 3.79. The van der Waals surface area contributed by atoms with Crippen molar-refractivity contribution in [2.75, 3.05) is 0 Å². The topological polar surface area (TPSA) is 23.0 Å². The summed E-state index contributed by atoms with van der Waals surface area (Å²) in [6.07, 6.45) is 6.61. The summed E-state index contributed by atoms with van der Waals surface area (Å²) in [6.45, 7) is 4.86. The summed E-state index contributed by atoms with van der Waals surface area (Å²) in [5.41, 5.74) is 18.4. The molecular weight excluding hydrogens is 547 g/mol. The lowest BCUT2D eigenvalue weighted by molar-refractivity contribution is 0.549. The fourth-order valence-corrected chi connectivity index (χ4v) is 9.82. The van der Waals surface area contributed by atoms with Gasteiger partial charge in [0, 0.05) is 50.2 Å². The third kappa shape index (κ3) is 2.40. The van der Waals surface area contributed by atoms with Crippen molar-refractivity contribution in [3.8, 4) is 28.1 Å². The average molecular weight is 574 g/mol. The van der Waals surface area contributed by atoms with Gasteiger partial charge >= 0.3 is 6.85 Å². The highest BCUT2D eigenvalue weighted by atomic mass is 16.3. The van der Waals surface area contributed by atoms with Gasteiger partial charge in [0.15, 0.2) is 5.58 Å². The van der Waals surface area contributed by atoms with Gasteiger partial charge in [-0.25, -0.2) is 0 Å². The molecule has 4 aliphatic rings. The maximum absolute atomic E-state index is 6.77. The van der Waals surface area contributed by atoms with Gasteiger partial charge in [0.25, 0.3) is 0 Å². The van der Waals surface area contributed by atoms with Gasteiger partial charge in [-0.05, 0) is 51.6 Å². The molecule has 0 saturated carbocycles. The van der Waals surface area contributed by atoms with Crippen LogP contribution in [0.25, 0.3) is 77.8 Å².